The molecule has 2 aromatic carbocycles. The second-order valence-electron chi connectivity index (χ2n) is 10.1. The summed E-state index contributed by atoms with van der Waals surface area (Å²) in [6, 6.07) is 6.76. The number of aliphatic hydroxyl groups is 1. The SMILES string of the molecule is Cc1c[nH]c2c(-c3c(F)cc4c(c3F)C[C@@H](O)C(C)(C)N4)cccc12.NCC1CCCCC1. The number of aliphatic hydroxyl groups excluding tert-OH is 1. The summed E-state index contributed by atoms with van der Waals surface area (Å²) >= 11 is 0. The summed E-state index contributed by atoms with van der Waals surface area (Å²) in [7, 11) is 0. The zero-order valence-corrected chi connectivity index (χ0v) is 19.8. The molecule has 178 valence electrons. The molecule has 6 heteroatoms. The van der Waals surface area contributed by atoms with Crippen LogP contribution >= 0.6 is 0 Å². The Balaban J connectivity index is 0.000000275. The van der Waals surface area contributed by atoms with Gasteiger partial charge in [0.2, 0.25) is 0 Å². The van der Waals surface area contributed by atoms with E-state index >= 15 is 4.39 Å². The predicted octanol–water partition coefficient (Wildman–Crippen LogP) is 6.05. The molecule has 1 aromatic heterocycles. The molecule has 1 fully saturated rings. The first kappa shape index (κ1) is 23.7. The minimum Gasteiger partial charge on any atom is -0.390 e. The van der Waals surface area contributed by atoms with Crippen molar-refractivity contribution in [2.45, 2.75) is 70.9 Å². The summed E-state index contributed by atoms with van der Waals surface area (Å²) in [6.45, 7) is 6.49. The molecule has 2 aliphatic rings. The summed E-state index contributed by atoms with van der Waals surface area (Å²) in [6.07, 6.45) is 8.27. The fraction of sp³-hybridized carbons (Fsp3) is 0.481. The van der Waals surface area contributed by atoms with Crippen LogP contribution in [0.15, 0.2) is 30.5 Å². The fourth-order valence-electron chi connectivity index (χ4n) is 5.02. The van der Waals surface area contributed by atoms with Gasteiger partial charge in [0.15, 0.2) is 0 Å². The van der Waals surface area contributed by atoms with Gasteiger partial charge in [0.05, 0.1) is 22.7 Å². The van der Waals surface area contributed by atoms with Gasteiger partial charge in [-0.25, -0.2) is 8.78 Å². The van der Waals surface area contributed by atoms with Crippen molar-refractivity contribution in [3.63, 3.8) is 0 Å². The highest BCUT2D eigenvalue weighted by Crippen LogP contribution is 2.40. The minimum absolute atomic E-state index is 0.0556. The van der Waals surface area contributed by atoms with Gasteiger partial charge in [-0.05, 0) is 57.7 Å². The van der Waals surface area contributed by atoms with Crippen LogP contribution in [-0.2, 0) is 6.42 Å². The van der Waals surface area contributed by atoms with E-state index < -0.39 is 23.3 Å². The van der Waals surface area contributed by atoms with Gasteiger partial charge in [0, 0.05) is 34.8 Å². The molecular formula is C27H35F2N3O. The molecule has 1 saturated carbocycles. The van der Waals surface area contributed by atoms with Gasteiger partial charge in [-0.2, -0.15) is 0 Å². The molecule has 2 heterocycles. The van der Waals surface area contributed by atoms with Crippen LogP contribution in [0.3, 0.4) is 0 Å². The van der Waals surface area contributed by atoms with E-state index in [0.29, 0.717) is 22.3 Å². The third kappa shape index (κ3) is 4.64. The standard InChI is InChI=1S/C20H20F2N2O.C7H15N/c1-10-9-23-19-11(10)5-4-6-12(19)17-14(21)8-15-13(18(17)22)7-16(25)20(2,3)24-15;8-6-7-4-2-1-3-5-7/h4-6,8-9,16,23-25H,7H2,1-3H3;7H,1-6,8H2/t16-;/m1./s1. The van der Waals surface area contributed by atoms with Crippen LogP contribution in [0.5, 0.6) is 0 Å². The maximum Gasteiger partial charge on any atom is 0.139 e. The van der Waals surface area contributed by atoms with E-state index in [-0.39, 0.29) is 12.0 Å². The third-order valence-electron chi connectivity index (χ3n) is 7.26. The minimum atomic E-state index is -0.753. The Kier molecular flexibility index (Phi) is 6.78. The maximum absolute atomic E-state index is 15.3. The molecule has 1 aliphatic heterocycles. The summed E-state index contributed by atoms with van der Waals surface area (Å²) in [5.41, 5.74) is 7.76. The first-order chi connectivity index (χ1) is 15.7. The normalized spacial score (nSPS) is 20.0. The van der Waals surface area contributed by atoms with Crippen molar-refractivity contribution < 1.29 is 13.9 Å². The molecule has 0 bridgehead atoms. The summed E-state index contributed by atoms with van der Waals surface area (Å²) in [5.74, 6) is -0.365. The number of aromatic amines is 1. The number of anilines is 1. The number of hydrogen-bond acceptors (Lipinski definition) is 3. The molecule has 5 N–H and O–H groups in total. The molecule has 4 nitrogen and oxygen atoms in total. The topological polar surface area (TPSA) is 74.1 Å². The van der Waals surface area contributed by atoms with Gasteiger partial charge >= 0.3 is 0 Å². The summed E-state index contributed by atoms with van der Waals surface area (Å²) in [4.78, 5) is 3.11. The molecule has 0 amide bonds. The van der Waals surface area contributed by atoms with E-state index in [0.717, 1.165) is 23.4 Å². The fourth-order valence-corrected chi connectivity index (χ4v) is 5.02. The van der Waals surface area contributed by atoms with E-state index in [4.69, 9.17) is 5.73 Å². The first-order valence-electron chi connectivity index (χ1n) is 12.0. The lowest BCUT2D eigenvalue weighted by atomic mass is 9.84. The largest absolute Gasteiger partial charge is 0.390 e. The van der Waals surface area contributed by atoms with E-state index in [1.165, 1.54) is 38.2 Å². The number of benzene rings is 2. The van der Waals surface area contributed by atoms with Gasteiger partial charge in [-0.3, -0.25) is 0 Å². The van der Waals surface area contributed by atoms with Crippen molar-refractivity contribution in [3.05, 3.63) is 53.2 Å². The summed E-state index contributed by atoms with van der Waals surface area (Å²) < 4.78 is 30.1. The van der Waals surface area contributed by atoms with Gasteiger partial charge in [0.1, 0.15) is 11.6 Å². The van der Waals surface area contributed by atoms with Crippen molar-refractivity contribution in [2.24, 2.45) is 11.7 Å². The number of aryl methyl sites for hydroxylation is 1. The average molecular weight is 456 g/mol. The van der Waals surface area contributed by atoms with Crippen LogP contribution in [0.25, 0.3) is 22.0 Å². The van der Waals surface area contributed by atoms with Crippen molar-refractivity contribution in [1.29, 1.82) is 0 Å². The van der Waals surface area contributed by atoms with E-state index in [2.05, 4.69) is 10.3 Å². The molecule has 33 heavy (non-hydrogen) atoms. The molecule has 0 spiro atoms. The lowest BCUT2D eigenvalue weighted by Crippen LogP contribution is -2.48. The van der Waals surface area contributed by atoms with E-state index in [9.17, 15) is 9.50 Å². The van der Waals surface area contributed by atoms with Crippen LogP contribution in [0, 0.1) is 24.5 Å². The van der Waals surface area contributed by atoms with E-state index in [1.807, 2.05) is 33.0 Å². The van der Waals surface area contributed by atoms with Crippen LogP contribution < -0.4 is 11.1 Å². The molecule has 3 aromatic rings. The molecule has 1 aliphatic carbocycles. The van der Waals surface area contributed by atoms with Crippen molar-refractivity contribution in [2.75, 3.05) is 11.9 Å². The van der Waals surface area contributed by atoms with E-state index in [1.54, 1.807) is 12.1 Å². The molecular weight excluding hydrogens is 420 g/mol. The third-order valence-corrected chi connectivity index (χ3v) is 7.26. The van der Waals surface area contributed by atoms with Crippen LogP contribution in [0.1, 0.15) is 57.1 Å². The van der Waals surface area contributed by atoms with Crippen molar-refractivity contribution >= 4 is 16.6 Å². The zero-order chi connectivity index (χ0) is 23.8. The smallest absolute Gasteiger partial charge is 0.139 e. The number of fused-ring (bicyclic) bond motifs is 2. The second kappa shape index (κ2) is 9.43. The number of nitrogens with two attached hydrogens (primary N) is 1. The second-order valence-corrected chi connectivity index (χ2v) is 10.1. The van der Waals surface area contributed by atoms with Crippen LogP contribution in [0.2, 0.25) is 0 Å². The number of aromatic nitrogens is 1. The predicted molar refractivity (Wildman–Crippen MR) is 131 cm³/mol. The Morgan fingerprint density at radius 3 is 2.55 bits per heavy atom. The van der Waals surface area contributed by atoms with Crippen molar-refractivity contribution in [1.82, 2.24) is 4.98 Å². The molecule has 1 atom stereocenters. The number of halogens is 2. The highest BCUT2D eigenvalue weighted by Gasteiger charge is 2.36. The molecule has 0 radical (unpaired) electrons. The number of hydrogen-bond donors (Lipinski definition) is 4. The van der Waals surface area contributed by atoms with Gasteiger partial charge in [-0.1, -0.05) is 37.5 Å². The van der Waals surface area contributed by atoms with Gasteiger partial charge < -0.3 is 21.1 Å². The van der Waals surface area contributed by atoms with Crippen molar-refractivity contribution in [3.8, 4) is 11.1 Å². The number of rotatable bonds is 2. The Labute approximate surface area is 194 Å². The highest BCUT2D eigenvalue weighted by atomic mass is 19.1. The van der Waals surface area contributed by atoms with Gasteiger partial charge in [-0.15, -0.1) is 0 Å². The highest BCUT2D eigenvalue weighted by molar-refractivity contribution is 5.96. The molecule has 5 rings (SSSR count). The lowest BCUT2D eigenvalue weighted by Gasteiger charge is -2.38. The lowest BCUT2D eigenvalue weighted by molar-refractivity contribution is 0.109. The number of nitrogens with one attached hydrogen (secondary N) is 2. The van der Waals surface area contributed by atoms with Gasteiger partial charge in [0.25, 0.3) is 0 Å². The quantitative estimate of drug-likeness (QED) is 0.380. The zero-order valence-electron chi connectivity index (χ0n) is 19.8. The number of H-pyrrole nitrogens is 1. The molecule has 0 saturated heterocycles. The Hall–Kier alpha value is -2.44. The number of para-hydroxylation sites is 1. The first-order valence-corrected chi connectivity index (χ1v) is 12.0. The maximum atomic E-state index is 15.3. The Morgan fingerprint density at radius 2 is 1.88 bits per heavy atom. The monoisotopic (exact) mass is 455 g/mol. The molecule has 0 unspecified atom stereocenters. The average Bonchev–Trinajstić information content (AvgIpc) is 3.18. The van der Waals surface area contributed by atoms with Crippen LogP contribution in [-0.4, -0.2) is 28.3 Å². The Morgan fingerprint density at radius 1 is 1.15 bits per heavy atom. The summed E-state index contributed by atoms with van der Waals surface area (Å²) in [5, 5.41) is 14.3. The Bertz CT molecular complexity index is 1130. The van der Waals surface area contributed by atoms with Crippen LogP contribution in [0.4, 0.5) is 14.5 Å².